The normalized spacial score (nSPS) is 20.2. The van der Waals surface area contributed by atoms with E-state index in [9.17, 15) is 0 Å². The number of ether oxygens (including phenoxy) is 1. The molecule has 0 radical (unpaired) electrons. The van der Waals surface area contributed by atoms with Crippen LogP contribution in [0.3, 0.4) is 0 Å². The summed E-state index contributed by atoms with van der Waals surface area (Å²) >= 11 is 0. The van der Waals surface area contributed by atoms with Crippen molar-refractivity contribution >= 4 is 0 Å². The highest BCUT2D eigenvalue weighted by molar-refractivity contribution is 5.48. The van der Waals surface area contributed by atoms with Crippen molar-refractivity contribution in [3.05, 3.63) is 83.4 Å². The summed E-state index contributed by atoms with van der Waals surface area (Å²) in [5.41, 5.74) is 2.92. The average molecular weight is 280 g/mol. The quantitative estimate of drug-likeness (QED) is 0.506. The molecule has 1 aromatic rings. The van der Waals surface area contributed by atoms with E-state index in [1.165, 1.54) is 0 Å². The molecule has 21 heavy (non-hydrogen) atoms. The smallest absolute Gasteiger partial charge is 0.125 e. The Balaban J connectivity index is 1.80. The molecule has 2 aliphatic rings. The minimum Gasteiger partial charge on any atom is -0.489 e. The zero-order valence-electron chi connectivity index (χ0n) is 11.4. The molecule has 5 heteroatoms. The van der Waals surface area contributed by atoms with E-state index in [2.05, 4.69) is 15.7 Å². The molecule has 1 heterocycles. The van der Waals surface area contributed by atoms with Gasteiger partial charge in [0.05, 0.1) is 11.7 Å². The molecule has 0 bridgehead atoms. The minimum absolute atomic E-state index is 0.0712. The van der Waals surface area contributed by atoms with Gasteiger partial charge in [-0.05, 0) is 30.0 Å². The Hall–Kier alpha value is -2.82. The monoisotopic (exact) mass is 280 g/mol. The van der Waals surface area contributed by atoms with Gasteiger partial charge in [-0.1, -0.05) is 41.6 Å². The van der Waals surface area contributed by atoms with Crippen LogP contribution in [0.5, 0.6) is 0 Å². The SMILES string of the molecule is NN=NC1=CC=C(OCc2ccccc2)C2=CC=CNC12. The third-order valence-electron chi connectivity index (χ3n) is 3.34. The number of hydrogen-bond donors (Lipinski definition) is 2. The molecule has 3 rings (SSSR count). The molecule has 5 nitrogen and oxygen atoms in total. The van der Waals surface area contributed by atoms with Crippen molar-refractivity contribution in [2.75, 3.05) is 0 Å². The molecular formula is C16H16N4O. The van der Waals surface area contributed by atoms with E-state index in [1.807, 2.05) is 60.8 Å². The maximum absolute atomic E-state index is 5.94. The van der Waals surface area contributed by atoms with Gasteiger partial charge >= 0.3 is 0 Å². The van der Waals surface area contributed by atoms with E-state index in [1.54, 1.807) is 0 Å². The number of benzene rings is 1. The van der Waals surface area contributed by atoms with Crippen molar-refractivity contribution in [3.8, 4) is 0 Å². The van der Waals surface area contributed by atoms with Crippen molar-refractivity contribution in [1.29, 1.82) is 0 Å². The first-order valence-electron chi connectivity index (χ1n) is 6.71. The molecular weight excluding hydrogens is 264 g/mol. The Morgan fingerprint density at radius 3 is 2.81 bits per heavy atom. The highest BCUT2D eigenvalue weighted by atomic mass is 16.5. The Morgan fingerprint density at radius 1 is 1.14 bits per heavy atom. The van der Waals surface area contributed by atoms with Gasteiger partial charge in [0.2, 0.25) is 0 Å². The number of nitrogens with zero attached hydrogens (tertiary/aromatic N) is 2. The highest BCUT2D eigenvalue weighted by Crippen LogP contribution is 2.29. The Kier molecular flexibility index (Phi) is 3.82. The Morgan fingerprint density at radius 2 is 2.00 bits per heavy atom. The summed E-state index contributed by atoms with van der Waals surface area (Å²) in [6, 6.07) is 10.0. The lowest BCUT2D eigenvalue weighted by Gasteiger charge is -2.27. The summed E-state index contributed by atoms with van der Waals surface area (Å²) in [6.07, 6.45) is 9.58. The summed E-state index contributed by atoms with van der Waals surface area (Å²) in [6.45, 7) is 0.530. The van der Waals surface area contributed by atoms with E-state index < -0.39 is 0 Å². The fourth-order valence-electron chi connectivity index (χ4n) is 2.34. The van der Waals surface area contributed by atoms with Crippen LogP contribution in [0, 0.1) is 0 Å². The molecule has 0 aromatic heterocycles. The summed E-state index contributed by atoms with van der Waals surface area (Å²) in [4.78, 5) is 0. The molecule has 1 atom stereocenters. The molecule has 1 aliphatic heterocycles. The van der Waals surface area contributed by atoms with Gasteiger partial charge in [-0.3, -0.25) is 0 Å². The molecule has 0 saturated carbocycles. The van der Waals surface area contributed by atoms with Gasteiger partial charge in [0, 0.05) is 5.57 Å². The predicted molar refractivity (Wildman–Crippen MR) is 80.6 cm³/mol. The molecule has 0 fully saturated rings. The zero-order chi connectivity index (χ0) is 14.5. The predicted octanol–water partition coefficient (Wildman–Crippen LogP) is 2.72. The van der Waals surface area contributed by atoms with Gasteiger partial charge in [-0.15, -0.1) is 5.11 Å². The van der Waals surface area contributed by atoms with Crippen LogP contribution in [-0.4, -0.2) is 6.04 Å². The van der Waals surface area contributed by atoms with Crippen molar-refractivity contribution < 1.29 is 4.74 Å². The number of nitrogens with two attached hydrogens (primary N) is 1. The standard InChI is InChI=1S/C16H16N4O/c17-20-19-14-8-9-15(13-7-4-10-18-16(13)14)21-11-12-5-2-1-3-6-12/h1-10,16,18H,11H2,(H2,17,19). The van der Waals surface area contributed by atoms with Crippen LogP contribution in [-0.2, 0) is 11.3 Å². The van der Waals surface area contributed by atoms with E-state index in [0.717, 1.165) is 22.6 Å². The van der Waals surface area contributed by atoms with Crippen LogP contribution in [0.2, 0.25) is 0 Å². The van der Waals surface area contributed by atoms with Crippen molar-refractivity contribution in [3.63, 3.8) is 0 Å². The topological polar surface area (TPSA) is 72.0 Å². The van der Waals surface area contributed by atoms with Crippen LogP contribution >= 0.6 is 0 Å². The fraction of sp³-hybridized carbons (Fsp3) is 0.125. The average Bonchev–Trinajstić information content (AvgIpc) is 2.55. The Bertz CT molecular complexity index is 656. The number of dihydropyridines is 1. The van der Waals surface area contributed by atoms with Crippen LogP contribution < -0.4 is 11.2 Å². The number of fused-ring (bicyclic) bond motifs is 1. The summed E-state index contributed by atoms with van der Waals surface area (Å²) in [7, 11) is 0. The second kappa shape index (κ2) is 6.09. The maximum Gasteiger partial charge on any atom is 0.125 e. The van der Waals surface area contributed by atoms with Gasteiger partial charge in [0.15, 0.2) is 0 Å². The lowest BCUT2D eigenvalue weighted by molar-refractivity contribution is 0.203. The second-order valence-corrected chi connectivity index (χ2v) is 4.69. The second-order valence-electron chi connectivity index (χ2n) is 4.69. The van der Waals surface area contributed by atoms with Crippen LogP contribution in [0.15, 0.2) is 88.2 Å². The summed E-state index contributed by atoms with van der Waals surface area (Å²) < 4.78 is 5.94. The molecule has 1 unspecified atom stereocenters. The summed E-state index contributed by atoms with van der Waals surface area (Å²) in [5, 5.41) is 10.5. The minimum atomic E-state index is -0.0712. The third-order valence-corrected chi connectivity index (χ3v) is 3.34. The van der Waals surface area contributed by atoms with Gasteiger partial charge in [-0.25, -0.2) is 0 Å². The first-order valence-corrected chi connectivity index (χ1v) is 6.71. The molecule has 0 spiro atoms. The molecule has 1 aromatic carbocycles. The number of allylic oxidation sites excluding steroid dienone is 4. The van der Waals surface area contributed by atoms with Gasteiger partial charge in [0.25, 0.3) is 0 Å². The van der Waals surface area contributed by atoms with Gasteiger partial charge < -0.3 is 15.9 Å². The third kappa shape index (κ3) is 2.86. The van der Waals surface area contributed by atoms with Crippen molar-refractivity contribution in [1.82, 2.24) is 5.32 Å². The summed E-state index contributed by atoms with van der Waals surface area (Å²) in [5.74, 6) is 5.98. The number of nitrogens with one attached hydrogen (secondary N) is 1. The van der Waals surface area contributed by atoms with Crippen LogP contribution in [0.25, 0.3) is 0 Å². The van der Waals surface area contributed by atoms with E-state index in [0.29, 0.717) is 6.61 Å². The molecule has 0 amide bonds. The fourth-order valence-corrected chi connectivity index (χ4v) is 2.34. The number of rotatable bonds is 4. The van der Waals surface area contributed by atoms with E-state index in [-0.39, 0.29) is 6.04 Å². The molecule has 3 N–H and O–H groups in total. The first kappa shape index (κ1) is 13.2. The zero-order valence-corrected chi connectivity index (χ0v) is 11.4. The van der Waals surface area contributed by atoms with Crippen molar-refractivity contribution in [2.24, 2.45) is 16.2 Å². The van der Waals surface area contributed by atoms with E-state index in [4.69, 9.17) is 10.6 Å². The van der Waals surface area contributed by atoms with Crippen molar-refractivity contribution in [2.45, 2.75) is 12.6 Å². The van der Waals surface area contributed by atoms with Crippen LogP contribution in [0.1, 0.15) is 5.56 Å². The lowest BCUT2D eigenvalue weighted by atomic mass is 9.95. The lowest BCUT2D eigenvalue weighted by Crippen LogP contribution is -2.32. The van der Waals surface area contributed by atoms with Gasteiger partial charge in [-0.2, -0.15) is 0 Å². The first-order chi connectivity index (χ1) is 10.4. The Labute approximate surface area is 123 Å². The largest absolute Gasteiger partial charge is 0.489 e. The number of hydrogen-bond acceptors (Lipinski definition) is 4. The highest BCUT2D eigenvalue weighted by Gasteiger charge is 2.26. The molecule has 1 aliphatic carbocycles. The maximum atomic E-state index is 5.94. The molecule has 106 valence electrons. The molecule has 0 saturated heterocycles. The van der Waals surface area contributed by atoms with Gasteiger partial charge in [0.1, 0.15) is 12.4 Å². The van der Waals surface area contributed by atoms with Crippen LogP contribution in [0.4, 0.5) is 0 Å². The van der Waals surface area contributed by atoms with E-state index >= 15 is 0 Å².